The predicted molar refractivity (Wildman–Crippen MR) is 65.8 cm³/mol. The largest absolute Gasteiger partial charge is 0.461 e. The molecule has 82 valence electrons. The van der Waals surface area contributed by atoms with Gasteiger partial charge < -0.3 is 10.5 Å². The maximum absolute atomic E-state index is 11.1. The third kappa shape index (κ3) is 3.67. The van der Waals surface area contributed by atoms with Gasteiger partial charge in [-0.3, -0.25) is 4.99 Å². The number of allylic oxidation sites excluding steroid dienone is 1. The first-order chi connectivity index (χ1) is 7.17. The minimum atomic E-state index is -0.456. The Morgan fingerprint density at radius 1 is 1.80 bits per heavy atom. The van der Waals surface area contributed by atoms with Crippen molar-refractivity contribution in [2.75, 3.05) is 19.0 Å². The minimum absolute atomic E-state index is 0.262. The summed E-state index contributed by atoms with van der Waals surface area (Å²) in [5.41, 5.74) is 6.44. The van der Waals surface area contributed by atoms with Crippen molar-refractivity contribution in [1.82, 2.24) is 0 Å². The summed E-state index contributed by atoms with van der Waals surface area (Å²) >= 11 is 4.12. The fourth-order valence-electron chi connectivity index (χ4n) is 0.830. The SMILES string of the molecule is COC(=O)SC1=NC(CBr)=CCN=C1N. The van der Waals surface area contributed by atoms with E-state index in [0.29, 0.717) is 16.9 Å². The number of alkyl halides is 1. The number of rotatable bonds is 1. The Morgan fingerprint density at radius 2 is 2.53 bits per heavy atom. The second-order valence-electron chi connectivity index (χ2n) is 2.53. The van der Waals surface area contributed by atoms with Crippen LogP contribution in [-0.2, 0) is 4.74 Å². The number of aliphatic imine (C=N–C) groups is 2. The summed E-state index contributed by atoms with van der Waals surface area (Å²) in [5.74, 6) is 0.262. The fraction of sp³-hybridized carbons (Fsp3) is 0.375. The van der Waals surface area contributed by atoms with Gasteiger partial charge in [-0.15, -0.1) is 0 Å². The number of halogens is 1. The highest BCUT2D eigenvalue weighted by molar-refractivity contribution is 9.09. The third-order valence-corrected chi connectivity index (χ3v) is 2.94. The van der Waals surface area contributed by atoms with Crippen molar-refractivity contribution in [2.45, 2.75) is 0 Å². The molecule has 0 atom stereocenters. The van der Waals surface area contributed by atoms with Gasteiger partial charge >= 0.3 is 5.30 Å². The van der Waals surface area contributed by atoms with Gasteiger partial charge in [-0.05, 0) is 6.08 Å². The summed E-state index contributed by atoms with van der Waals surface area (Å²) in [7, 11) is 1.31. The van der Waals surface area contributed by atoms with Crippen molar-refractivity contribution >= 4 is 43.9 Å². The molecule has 0 saturated carbocycles. The monoisotopic (exact) mass is 291 g/mol. The standard InChI is InChI=1S/C8H10BrN3O2S/c1-14-8(13)15-7-6(10)11-3-2-5(4-9)12-7/h2H,3-4H2,1H3,(H2,10,11). The quantitative estimate of drug-likeness (QED) is 0.587. The maximum atomic E-state index is 11.1. The number of carbonyl (C=O) groups is 1. The van der Waals surface area contributed by atoms with Crippen LogP contribution in [0.3, 0.4) is 0 Å². The maximum Gasteiger partial charge on any atom is 0.373 e. The van der Waals surface area contributed by atoms with E-state index in [1.807, 2.05) is 6.08 Å². The van der Waals surface area contributed by atoms with Crippen LogP contribution >= 0.6 is 27.7 Å². The summed E-state index contributed by atoms with van der Waals surface area (Å²) < 4.78 is 4.51. The lowest BCUT2D eigenvalue weighted by molar-refractivity contribution is 0.200. The molecule has 5 nitrogen and oxygen atoms in total. The molecule has 0 fully saturated rings. The van der Waals surface area contributed by atoms with Gasteiger partial charge in [-0.25, -0.2) is 9.79 Å². The molecule has 0 amide bonds. The molecular weight excluding hydrogens is 282 g/mol. The van der Waals surface area contributed by atoms with Gasteiger partial charge in [0.1, 0.15) is 5.04 Å². The van der Waals surface area contributed by atoms with Crippen LogP contribution < -0.4 is 5.73 Å². The Balaban J connectivity index is 2.85. The van der Waals surface area contributed by atoms with Crippen LogP contribution in [0, 0.1) is 0 Å². The van der Waals surface area contributed by atoms with Gasteiger partial charge in [0.2, 0.25) is 0 Å². The van der Waals surface area contributed by atoms with Gasteiger partial charge in [-0.1, -0.05) is 15.9 Å². The van der Waals surface area contributed by atoms with E-state index in [1.54, 1.807) is 0 Å². The molecule has 0 aliphatic carbocycles. The first kappa shape index (κ1) is 12.3. The Kier molecular flexibility index (Phi) is 4.83. The van der Waals surface area contributed by atoms with E-state index in [-0.39, 0.29) is 5.84 Å². The van der Waals surface area contributed by atoms with Crippen LogP contribution in [-0.4, -0.2) is 35.2 Å². The molecule has 1 heterocycles. The topological polar surface area (TPSA) is 77.0 Å². The average Bonchev–Trinajstić information content (AvgIpc) is 2.41. The second-order valence-corrected chi connectivity index (χ2v) is 4.01. The Labute approximate surface area is 100.0 Å². The number of nitrogens with zero attached hydrogens (tertiary/aromatic N) is 2. The first-order valence-corrected chi connectivity index (χ1v) is 6.01. The summed E-state index contributed by atoms with van der Waals surface area (Å²) in [6.45, 7) is 0.474. The molecule has 0 aromatic rings. The van der Waals surface area contributed by atoms with Gasteiger partial charge in [0.25, 0.3) is 0 Å². The van der Waals surface area contributed by atoms with E-state index < -0.39 is 5.30 Å². The molecule has 1 aliphatic rings. The number of thioether (sulfide) groups is 1. The van der Waals surface area contributed by atoms with E-state index in [2.05, 4.69) is 30.7 Å². The van der Waals surface area contributed by atoms with Crippen LogP contribution in [0.25, 0.3) is 0 Å². The van der Waals surface area contributed by atoms with Crippen molar-refractivity contribution in [2.24, 2.45) is 15.7 Å². The zero-order valence-electron chi connectivity index (χ0n) is 8.07. The van der Waals surface area contributed by atoms with Gasteiger partial charge in [-0.2, -0.15) is 0 Å². The highest BCUT2D eigenvalue weighted by Gasteiger charge is 2.15. The lowest BCUT2D eigenvalue weighted by atomic mass is 10.4. The zero-order valence-corrected chi connectivity index (χ0v) is 10.5. The van der Waals surface area contributed by atoms with E-state index in [0.717, 1.165) is 17.5 Å². The number of methoxy groups -OCH3 is 1. The number of amidine groups is 1. The molecule has 0 saturated heterocycles. The van der Waals surface area contributed by atoms with Crippen molar-refractivity contribution in [3.8, 4) is 0 Å². The number of hydrogen-bond acceptors (Lipinski definition) is 6. The highest BCUT2D eigenvalue weighted by Crippen LogP contribution is 2.14. The van der Waals surface area contributed by atoms with Gasteiger partial charge in [0.05, 0.1) is 19.4 Å². The highest BCUT2D eigenvalue weighted by atomic mass is 79.9. The molecule has 0 aromatic carbocycles. The second kappa shape index (κ2) is 5.92. The zero-order chi connectivity index (χ0) is 11.3. The molecule has 0 radical (unpaired) electrons. The van der Waals surface area contributed by atoms with Crippen LogP contribution in [0.1, 0.15) is 0 Å². The van der Waals surface area contributed by atoms with E-state index in [4.69, 9.17) is 5.73 Å². The van der Waals surface area contributed by atoms with Crippen molar-refractivity contribution in [1.29, 1.82) is 0 Å². The molecule has 0 spiro atoms. The smallest absolute Gasteiger partial charge is 0.373 e. The molecule has 0 bridgehead atoms. The molecule has 0 unspecified atom stereocenters. The van der Waals surface area contributed by atoms with E-state index in [9.17, 15) is 4.79 Å². The number of carbonyl (C=O) groups excluding carboxylic acids is 1. The summed E-state index contributed by atoms with van der Waals surface area (Å²) in [4.78, 5) is 19.3. The van der Waals surface area contributed by atoms with E-state index in [1.165, 1.54) is 7.11 Å². The molecule has 1 rings (SSSR count). The molecular formula is C8H10BrN3O2S. The predicted octanol–water partition coefficient (Wildman–Crippen LogP) is 1.53. The Bertz CT molecular complexity index is 352. The average molecular weight is 292 g/mol. The lowest BCUT2D eigenvalue weighted by Gasteiger charge is -2.02. The van der Waals surface area contributed by atoms with Crippen molar-refractivity contribution in [3.63, 3.8) is 0 Å². The number of hydrogen-bond donors (Lipinski definition) is 1. The molecule has 1 aliphatic heterocycles. The summed E-state index contributed by atoms with van der Waals surface area (Å²) in [6.07, 6.45) is 1.84. The van der Waals surface area contributed by atoms with E-state index >= 15 is 0 Å². The van der Waals surface area contributed by atoms with Gasteiger partial charge in [0.15, 0.2) is 5.84 Å². The normalized spacial score (nSPS) is 16.0. The minimum Gasteiger partial charge on any atom is -0.461 e. The Hall–Kier alpha value is -0.820. The van der Waals surface area contributed by atoms with Crippen molar-refractivity contribution in [3.05, 3.63) is 11.8 Å². The molecule has 0 aromatic heterocycles. The Morgan fingerprint density at radius 3 is 3.13 bits per heavy atom. The number of nitrogens with two attached hydrogens (primary N) is 1. The fourth-order valence-corrected chi connectivity index (χ4v) is 1.76. The number of ether oxygens (including phenoxy) is 1. The molecule has 7 heteroatoms. The van der Waals surface area contributed by atoms with Crippen LogP contribution in [0.5, 0.6) is 0 Å². The van der Waals surface area contributed by atoms with Crippen LogP contribution in [0.15, 0.2) is 21.8 Å². The lowest BCUT2D eigenvalue weighted by Crippen LogP contribution is -2.22. The van der Waals surface area contributed by atoms with Crippen LogP contribution in [0.2, 0.25) is 0 Å². The first-order valence-electron chi connectivity index (χ1n) is 4.07. The third-order valence-electron chi connectivity index (χ3n) is 1.54. The van der Waals surface area contributed by atoms with Gasteiger partial charge in [0, 0.05) is 17.1 Å². The molecule has 2 N–H and O–H groups in total. The summed E-state index contributed by atoms with van der Waals surface area (Å²) in [6, 6.07) is 0. The van der Waals surface area contributed by atoms with Crippen molar-refractivity contribution < 1.29 is 9.53 Å². The summed E-state index contributed by atoms with van der Waals surface area (Å²) in [5, 5.41) is 0.522. The molecule has 15 heavy (non-hydrogen) atoms. The van der Waals surface area contributed by atoms with Crippen LogP contribution in [0.4, 0.5) is 4.79 Å².